The van der Waals surface area contributed by atoms with Crippen LogP contribution < -0.4 is 5.32 Å². The predicted octanol–water partition coefficient (Wildman–Crippen LogP) is 2.14. The van der Waals surface area contributed by atoms with E-state index in [0.717, 1.165) is 12.2 Å². The van der Waals surface area contributed by atoms with Gasteiger partial charge in [-0.2, -0.15) is 0 Å². The van der Waals surface area contributed by atoms with Crippen LogP contribution in [0, 0.1) is 17.7 Å². The number of hydrogen-bond acceptors (Lipinski definition) is 3. The van der Waals surface area contributed by atoms with Crippen LogP contribution in [0.2, 0.25) is 0 Å². The normalized spacial score (nSPS) is 14.9. The number of rotatable bonds is 6. The number of nitrogens with one attached hydrogen (secondary N) is 1. The minimum absolute atomic E-state index is 0.0876. The van der Waals surface area contributed by atoms with Crippen LogP contribution in [0.15, 0.2) is 18.3 Å². The van der Waals surface area contributed by atoms with Gasteiger partial charge in [0, 0.05) is 13.2 Å². The molecular weight excluding hydrogens is 219 g/mol. The SMILES string of the molecule is CC(CO)CNC(c1ccc(F)cn1)C(C)C. The van der Waals surface area contributed by atoms with Crippen molar-refractivity contribution in [2.75, 3.05) is 13.2 Å². The predicted molar refractivity (Wildman–Crippen MR) is 66.0 cm³/mol. The largest absolute Gasteiger partial charge is 0.396 e. The molecule has 17 heavy (non-hydrogen) atoms. The van der Waals surface area contributed by atoms with Crippen molar-refractivity contribution in [3.8, 4) is 0 Å². The topological polar surface area (TPSA) is 45.1 Å². The second-order valence-electron chi connectivity index (χ2n) is 4.82. The van der Waals surface area contributed by atoms with Crippen LogP contribution in [0.4, 0.5) is 4.39 Å². The summed E-state index contributed by atoms with van der Waals surface area (Å²) in [6, 6.07) is 3.22. The van der Waals surface area contributed by atoms with Crippen molar-refractivity contribution in [2.24, 2.45) is 11.8 Å². The van der Waals surface area contributed by atoms with Crippen LogP contribution in [0.25, 0.3) is 0 Å². The molecule has 1 aromatic heterocycles. The van der Waals surface area contributed by atoms with Gasteiger partial charge in [0.1, 0.15) is 5.82 Å². The van der Waals surface area contributed by atoms with Crippen molar-refractivity contribution >= 4 is 0 Å². The number of aliphatic hydroxyl groups excluding tert-OH is 1. The highest BCUT2D eigenvalue weighted by atomic mass is 19.1. The Bertz CT molecular complexity index is 327. The van der Waals surface area contributed by atoms with Gasteiger partial charge in [0.05, 0.1) is 17.9 Å². The Hall–Kier alpha value is -1.00. The monoisotopic (exact) mass is 240 g/mol. The molecule has 0 aliphatic rings. The fourth-order valence-corrected chi connectivity index (χ4v) is 1.65. The lowest BCUT2D eigenvalue weighted by molar-refractivity contribution is 0.225. The van der Waals surface area contributed by atoms with Crippen LogP contribution >= 0.6 is 0 Å². The van der Waals surface area contributed by atoms with Crippen molar-refractivity contribution in [3.05, 3.63) is 29.8 Å². The molecule has 4 heteroatoms. The summed E-state index contributed by atoms with van der Waals surface area (Å²) >= 11 is 0. The first-order chi connectivity index (χ1) is 8.04. The summed E-state index contributed by atoms with van der Waals surface area (Å²) in [6.45, 7) is 7.04. The molecule has 3 nitrogen and oxygen atoms in total. The molecule has 0 saturated carbocycles. The van der Waals surface area contributed by atoms with E-state index in [9.17, 15) is 4.39 Å². The van der Waals surface area contributed by atoms with Gasteiger partial charge in [-0.15, -0.1) is 0 Å². The van der Waals surface area contributed by atoms with Gasteiger partial charge in [-0.05, 0) is 24.0 Å². The molecule has 0 amide bonds. The van der Waals surface area contributed by atoms with Gasteiger partial charge in [-0.25, -0.2) is 4.39 Å². The molecule has 0 bridgehead atoms. The van der Waals surface area contributed by atoms with E-state index in [2.05, 4.69) is 24.1 Å². The van der Waals surface area contributed by atoms with Crippen molar-refractivity contribution in [1.29, 1.82) is 0 Å². The third-order valence-electron chi connectivity index (χ3n) is 2.73. The summed E-state index contributed by atoms with van der Waals surface area (Å²) in [5.41, 5.74) is 0.839. The summed E-state index contributed by atoms with van der Waals surface area (Å²) in [7, 11) is 0. The molecule has 0 fully saturated rings. The van der Waals surface area contributed by atoms with E-state index in [0.29, 0.717) is 5.92 Å². The van der Waals surface area contributed by atoms with Crippen LogP contribution in [-0.4, -0.2) is 23.2 Å². The highest BCUT2D eigenvalue weighted by molar-refractivity contribution is 5.10. The van der Waals surface area contributed by atoms with Crippen LogP contribution in [0.5, 0.6) is 0 Å². The Kier molecular flexibility index (Phi) is 5.51. The minimum Gasteiger partial charge on any atom is -0.396 e. The standard InChI is InChI=1S/C13H21FN2O/c1-9(2)13(16-6-10(3)8-17)12-5-4-11(14)7-15-12/h4-5,7,9-10,13,16-17H,6,8H2,1-3H3. The summed E-state index contributed by atoms with van der Waals surface area (Å²) in [5, 5.41) is 12.3. The zero-order valence-electron chi connectivity index (χ0n) is 10.7. The lowest BCUT2D eigenvalue weighted by Crippen LogP contribution is -2.31. The average Bonchev–Trinajstić information content (AvgIpc) is 2.31. The Morgan fingerprint density at radius 3 is 2.53 bits per heavy atom. The van der Waals surface area contributed by atoms with Crippen molar-refractivity contribution in [3.63, 3.8) is 0 Å². The summed E-state index contributed by atoms with van der Waals surface area (Å²) in [4.78, 5) is 4.10. The van der Waals surface area contributed by atoms with Gasteiger partial charge in [0.25, 0.3) is 0 Å². The van der Waals surface area contributed by atoms with E-state index >= 15 is 0 Å². The molecule has 1 aromatic rings. The van der Waals surface area contributed by atoms with E-state index < -0.39 is 0 Å². The maximum absolute atomic E-state index is 12.8. The van der Waals surface area contributed by atoms with E-state index in [-0.39, 0.29) is 24.4 Å². The lowest BCUT2D eigenvalue weighted by atomic mass is 9.99. The molecule has 0 aromatic carbocycles. The molecule has 2 atom stereocenters. The van der Waals surface area contributed by atoms with Crippen molar-refractivity contribution in [1.82, 2.24) is 10.3 Å². The van der Waals surface area contributed by atoms with Gasteiger partial charge in [0.15, 0.2) is 0 Å². The Balaban J connectivity index is 2.69. The Morgan fingerprint density at radius 2 is 2.06 bits per heavy atom. The first-order valence-electron chi connectivity index (χ1n) is 6.00. The summed E-state index contributed by atoms with van der Waals surface area (Å²) in [6.07, 6.45) is 1.24. The minimum atomic E-state index is -0.319. The molecule has 1 rings (SSSR count). The molecule has 0 aliphatic carbocycles. The zero-order valence-corrected chi connectivity index (χ0v) is 10.7. The maximum atomic E-state index is 12.8. The molecule has 96 valence electrons. The van der Waals surface area contributed by atoms with E-state index in [1.807, 2.05) is 6.92 Å². The number of hydrogen-bond donors (Lipinski definition) is 2. The van der Waals surface area contributed by atoms with E-state index in [1.54, 1.807) is 6.07 Å². The molecule has 2 N–H and O–H groups in total. The fraction of sp³-hybridized carbons (Fsp3) is 0.615. The highest BCUT2D eigenvalue weighted by Crippen LogP contribution is 2.19. The first kappa shape index (κ1) is 14.1. The van der Waals surface area contributed by atoms with Gasteiger partial charge in [-0.3, -0.25) is 4.98 Å². The second kappa shape index (κ2) is 6.67. The van der Waals surface area contributed by atoms with Crippen LogP contribution in [0.3, 0.4) is 0 Å². The number of aliphatic hydroxyl groups is 1. The Morgan fingerprint density at radius 1 is 1.35 bits per heavy atom. The smallest absolute Gasteiger partial charge is 0.141 e. The van der Waals surface area contributed by atoms with Crippen molar-refractivity contribution < 1.29 is 9.50 Å². The fourth-order valence-electron chi connectivity index (χ4n) is 1.65. The lowest BCUT2D eigenvalue weighted by Gasteiger charge is -2.23. The molecule has 0 saturated heterocycles. The third-order valence-corrected chi connectivity index (χ3v) is 2.73. The van der Waals surface area contributed by atoms with Gasteiger partial charge < -0.3 is 10.4 Å². The number of halogens is 1. The van der Waals surface area contributed by atoms with E-state index in [1.165, 1.54) is 12.3 Å². The van der Waals surface area contributed by atoms with Crippen molar-refractivity contribution in [2.45, 2.75) is 26.8 Å². The number of aromatic nitrogens is 1. The number of pyridine rings is 1. The third kappa shape index (κ3) is 4.40. The van der Waals surface area contributed by atoms with Gasteiger partial charge in [0.2, 0.25) is 0 Å². The molecule has 0 aliphatic heterocycles. The van der Waals surface area contributed by atoms with Crippen LogP contribution in [-0.2, 0) is 0 Å². The van der Waals surface area contributed by atoms with Crippen LogP contribution in [0.1, 0.15) is 32.5 Å². The molecular formula is C13H21FN2O. The summed E-state index contributed by atoms with van der Waals surface area (Å²) < 4.78 is 12.8. The van der Waals surface area contributed by atoms with Gasteiger partial charge >= 0.3 is 0 Å². The first-order valence-corrected chi connectivity index (χ1v) is 6.00. The molecule has 0 spiro atoms. The summed E-state index contributed by atoms with van der Waals surface area (Å²) in [5.74, 6) is 0.246. The Labute approximate surface area is 102 Å². The van der Waals surface area contributed by atoms with Gasteiger partial charge in [-0.1, -0.05) is 20.8 Å². The maximum Gasteiger partial charge on any atom is 0.141 e. The molecule has 0 radical (unpaired) electrons. The second-order valence-corrected chi connectivity index (χ2v) is 4.82. The zero-order chi connectivity index (χ0) is 12.8. The molecule has 2 unspecified atom stereocenters. The molecule has 1 heterocycles. The average molecular weight is 240 g/mol. The van der Waals surface area contributed by atoms with E-state index in [4.69, 9.17) is 5.11 Å². The quantitative estimate of drug-likeness (QED) is 0.800. The number of nitrogens with zero attached hydrogens (tertiary/aromatic N) is 1. The highest BCUT2D eigenvalue weighted by Gasteiger charge is 2.17.